The van der Waals surface area contributed by atoms with Gasteiger partial charge in [0, 0.05) is 9.61 Å². The summed E-state index contributed by atoms with van der Waals surface area (Å²) in [5.41, 5.74) is 1.45. The van der Waals surface area contributed by atoms with Crippen molar-refractivity contribution in [2.45, 2.75) is 40.2 Å². The van der Waals surface area contributed by atoms with Gasteiger partial charge in [-0.3, -0.25) is 0 Å². The van der Waals surface area contributed by atoms with Crippen LogP contribution in [0.2, 0.25) is 0 Å². The fourth-order valence-corrected chi connectivity index (χ4v) is 2.21. The minimum atomic E-state index is 0.577. The second kappa shape index (κ2) is 7.37. The van der Waals surface area contributed by atoms with E-state index in [0.29, 0.717) is 6.04 Å². The van der Waals surface area contributed by atoms with Crippen molar-refractivity contribution in [2.75, 3.05) is 6.54 Å². The van der Waals surface area contributed by atoms with E-state index in [1.165, 1.54) is 15.6 Å². The second-order valence-electron chi connectivity index (χ2n) is 5.40. The van der Waals surface area contributed by atoms with Crippen LogP contribution in [0.3, 0.4) is 0 Å². The topological polar surface area (TPSA) is 12.0 Å². The summed E-state index contributed by atoms with van der Waals surface area (Å²) in [6.45, 7) is 10.2. The van der Waals surface area contributed by atoms with Crippen LogP contribution in [0.1, 0.15) is 33.3 Å². The Morgan fingerprint density at radius 3 is 2.12 bits per heavy atom. The highest BCUT2D eigenvalue weighted by atomic mass is 127. The van der Waals surface area contributed by atoms with Crippen molar-refractivity contribution in [1.82, 2.24) is 5.32 Å². The maximum atomic E-state index is 3.56. The molecule has 1 unspecified atom stereocenters. The second-order valence-corrected chi connectivity index (χ2v) is 6.64. The number of halogens is 1. The van der Waals surface area contributed by atoms with Gasteiger partial charge in [-0.15, -0.1) is 0 Å². The highest BCUT2D eigenvalue weighted by Gasteiger charge is 2.14. The molecule has 17 heavy (non-hydrogen) atoms. The molecule has 1 N–H and O–H groups in total. The molecule has 0 radical (unpaired) electrons. The average Bonchev–Trinajstić information content (AvgIpc) is 2.26. The van der Waals surface area contributed by atoms with Gasteiger partial charge in [-0.1, -0.05) is 39.8 Å². The predicted molar refractivity (Wildman–Crippen MR) is 84.3 cm³/mol. The van der Waals surface area contributed by atoms with Gasteiger partial charge >= 0.3 is 0 Å². The molecule has 96 valence electrons. The molecule has 2 heteroatoms. The van der Waals surface area contributed by atoms with Crippen molar-refractivity contribution in [3.05, 3.63) is 33.4 Å². The fraction of sp³-hybridized carbons (Fsp3) is 0.600. The molecule has 1 aromatic rings. The molecule has 0 fully saturated rings. The molecular weight excluding hydrogens is 321 g/mol. The lowest BCUT2D eigenvalue weighted by atomic mass is 9.89. The summed E-state index contributed by atoms with van der Waals surface area (Å²) in [5, 5.41) is 3.56. The largest absolute Gasteiger partial charge is 0.314 e. The lowest BCUT2D eigenvalue weighted by molar-refractivity contribution is 0.349. The standard InChI is InChI=1S/C15H24IN/c1-11(2)14(10-17-12(3)4)9-13-5-7-15(16)8-6-13/h5-8,11-12,14,17H,9-10H2,1-4H3. The smallest absolute Gasteiger partial charge is 0.0130 e. The summed E-state index contributed by atoms with van der Waals surface area (Å²) in [6, 6.07) is 9.48. The lowest BCUT2D eigenvalue weighted by Crippen LogP contribution is -2.32. The fourth-order valence-electron chi connectivity index (χ4n) is 1.85. The van der Waals surface area contributed by atoms with Gasteiger partial charge in [0.2, 0.25) is 0 Å². The minimum Gasteiger partial charge on any atom is -0.314 e. The van der Waals surface area contributed by atoms with E-state index in [9.17, 15) is 0 Å². The number of hydrogen-bond acceptors (Lipinski definition) is 1. The van der Waals surface area contributed by atoms with Gasteiger partial charge < -0.3 is 5.32 Å². The van der Waals surface area contributed by atoms with E-state index in [-0.39, 0.29) is 0 Å². The van der Waals surface area contributed by atoms with Gasteiger partial charge in [0.05, 0.1) is 0 Å². The Hall–Kier alpha value is -0.0900. The van der Waals surface area contributed by atoms with E-state index in [1.807, 2.05) is 0 Å². The molecule has 1 aromatic carbocycles. The Balaban J connectivity index is 2.57. The first-order chi connectivity index (χ1) is 7.99. The average molecular weight is 345 g/mol. The molecular formula is C15H24IN. The number of nitrogens with one attached hydrogen (secondary N) is 1. The van der Waals surface area contributed by atoms with Crippen molar-refractivity contribution in [2.24, 2.45) is 11.8 Å². The summed E-state index contributed by atoms with van der Waals surface area (Å²) in [6.07, 6.45) is 1.17. The van der Waals surface area contributed by atoms with Gasteiger partial charge in [0.15, 0.2) is 0 Å². The van der Waals surface area contributed by atoms with Crippen LogP contribution < -0.4 is 5.32 Å². The number of rotatable bonds is 6. The summed E-state index contributed by atoms with van der Waals surface area (Å²) in [5.74, 6) is 1.44. The molecule has 0 saturated carbocycles. The zero-order valence-corrected chi connectivity index (χ0v) is 13.5. The Morgan fingerprint density at radius 2 is 1.65 bits per heavy atom. The molecule has 1 atom stereocenters. The van der Waals surface area contributed by atoms with Gasteiger partial charge in [-0.2, -0.15) is 0 Å². The molecule has 0 heterocycles. The van der Waals surface area contributed by atoms with Crippen LogP contribution in [-0.4, -0.2) is 12.6 Å². The molecule has 0 amide bonds. The molecule has 1 nitrogen and oxygen atoms in total. The van der Waals surface area contributed by atoms with Crippen LogP contribution in [0.5, 0.6) is 0 Å². The number of benzene rings is 1. The number of hydrogen-bond donors (Lipinski definition) is 1. The minimum absolute atomic E-state index is 0.577. The monoisotopic (exact) mass is 345 g/mol. The van der Waals surface area contributed by atoms with E-state index in [1.54, 1.807) is 0 Å². The molecule has 0 aliphatic carbocycles. The first-order valence-electron chi connectivity index (χ1n) is 6.47. The van der Waals surface area contributed by atoms with E-state index in [0.717, 1.165) is 18.4 Å². The van der Waals surface area contributed by atoms with Crippen LogP contribution >= 0.6 is 22.6 Å². The van der Waals surface area contributed by atoms with Crippen molar-refractivity contribution in [3.63, 3.8) is 0 Å². The summed E-state index contributed by atoms with van der Waals surface area (Å²) in [4.78, 5) is 0. The molecule has 0 spiro atoms. The maximum absolute atomic E-state index is 3.56. The first-order valence-corrected chi connectivity index (χ1v) is 7.54. The van der Waals surface area contributed by atoms with E-state index in [4.69, 9.17) is 0 Å². The van der Waals surface area contributed by atoms with Crippen molar-refractivity contribution in [1.29, 1.82) is 0 Å². The third kappa shape index (κ3) is 5.87. The molecule has 0 aliphatic rings. The van der Waals surface area contributed by atoms with Crippen molar-refractivity contribution < 1.29 is 0 Å². The van der Waals surface area contributed by atoms with Crippen LogP contribution in [0.4, 0.5) is 0 Å². The van der Waals surface area contributed by atoms with Gasteiger partial charge in [0.25, 0.3) is 0 Å². The van der Waals surface area contributed by atoms with E-state index >= 15 is 0 Å². The molecule has 0 bridgehead atoms. The Kier molecular flexibility index (Phi) is 6.49. The quantitative estimate of drug-likeness (QED) is 0.766. The molecule has 0 saturated heterocycles. The van der Waals surface area contributed by atoms with Gasteiger partial charge in [-0.05, 0) is 65.1 Å². The summed E-state index contributed by atoms with van der Waals surface area (Å²) in [7, 11) is 0. The predicted octanol–water partition coefficient (Wildman–Crippen LogP) is 4.10. The zero-order chi connectivity index (χ0) is 12.8. The van der Waals surface area contributed by atoms with Crippen LogP contribution in [0.25, 0.3) is 0 Å². The van der Waals surface area contributed by atoms with Crippen LogP contribution in [-0.2, 0) is 6.42 Å². The highest BCUT2D eigenvalue weighted by Crippen LogP contribution is 2.17. The Bertz CT molecular complexity index is 316. The highest BCUT2D eigenvalue weighted by molar-refractivity contribution is 14.1. The lowest BCUT2D eigenvalue weighted by Gasteiger charge is -2.23. The molecule has 0 aromatic heterocycles. The Labute approximate surface area is 120 Å². The summed E-state index contributed by atoms with van der Waals surface area (Å²) < 4.78 is 1.31. The maximum Gasteiger partial charge on any atom is 0.0130 e. The third-order valence-electron chi connectivity index (χ3n) is 3.14. The van der Waals surface area contributed by atoms with Crippen LogP contribution in [0.15, 0.2) is 24.3 Å². The Morgan fingerprint density at radius 1 is 1.06 bits per heavy atom. The molecule has 1 rings (SSSR count). The summed E-state index contributed by atoms with van der Waals surface area (Å²) >= 11 is 2.36. The molecule has 0 aliphatic heterocycles. The van der Waals surface area contributed by atoms with Crippen molar-refractivity contribution in [3.8, 4) is 0 Å². The first kappa shape index (κ1) is 15.0. The van der Waals surface area contributed by atoms with E-state index in [2.05, 4.69) is 79.9 Å². The van der Waals surface area contributed by atoms with Crippen molar-refractivity contribution >= 4 is 22.6 Å². The van der Waals surface area contributed by atoms with Gasteiger partial charge in [-0.25, -0.2) is 0 Å². The zero-order valence-electron chi connectivity index (χ0n) is 11.3. The van der Waals surface area contributed by atoms with Gasteiger partial charge in [0.1, 0.15) is 0 Å². The van der Waals surface area contributed by atoms with E-state index < -0.39 is 0 Å². The SMILES string of the molecule is CC(C)NCC(Cc1ccc(I)cc1)C(C)C. The normalized spacial score (nSPS) is 13.4. The third-order valence-corrected chi connectivity index (χ3v) is 3.86. The van der Waals surface area contributed by atoms with Crippen LogP contribution in [0, 0.1) is 15.4 Å².